The molecule has 170 valence electrons. The highest BCUT2D eigenvalue weighted by molar-refractivity contribution is 5.80. The SMILES string of the molecule is CCOCCCNC(=NCc1nnc(C)n1C)N1CC(C)OC(c2ccc(F)cc2)C1. The monoisotopic (exact) mass is 432 g/mol. The van der Waals surface area contributed by atoms with E-state index in [1.807, 2.05) is 32.4 Å². The second-order valence-electron chi connectivity index (χ2n) is 7.73. The average Bonchev–Trinajstić information content (AvgIpc) is 3.08. The number of morpholine rings is 1. The molecule has 1 aromatic heterocycles. The van der Waals surface area contributed by atoms with E-state index in [0.29, 0.717) is 32.8 Å². The summed E-state index contributed by atoms with van der Waals surface area (Å²) in [5.74, 6) is 2.22. The van der Waals surface area contributed by atoms with E-state index >= 15 is 0 Å². The van der Waals surface area contributed by atoms with E-state index < -0.39 is 0 Å². The molecule has 2 atom stereocenters. The van der Waals surface area contributed by atoms with Crippen molar-refractivity contribution in [3.63, 3.8) is 0 Å². The number of hydrogen-bond acceptors (Lipinski definition) is 5. The van der Waals surface area contributed by atoms with E-state index in [0.717, 1.165) is 36.1 Å². The minimum absolute atomic E-state index is 0.0105. The second-order valence-corrected chi connectivity index (χ2v) is 7.73. The Labute approximate surface area is 183 Å². The molecule has 0 spiro atoms. The molecule has 1 saturated heterocycles. The number of nitrogens with one attached hydrogen (secondary N) is 1. The molecule has 0 radical (unpaired) electrons. The summed E-state index contributed by atoms with van der Waals surface area (Å²) in [4.78, 5) is 7.04. The number of hydrogen-bond donors (Lipinski definition) is 1. The van der Waals surface area contributed by atoms with Crippen LogP contribution in [0, 0.1) is 12.7 Å². The molecule has 0 aliphatic carbocycles. The molecule has 1 N–H and O–H groups in total. The Morgan fingerprint density at radius 3 is 2.74 bits per heavy atom. The maximum Gasteiger partial charge on any atom is 0.194 e. The number of aliphatic imine (C=N–C) groups is 1. The maximum absolute atomic E-state index is 13.4. The highest BCUT2D eigenvalue weighted by Crippen LogP contribution is 2.25. The zero-order chi connectivity index (χ0) is 22.2. The Morgan fingerprint density at radius 2 is 2.06 bits per heavy atom. The minimum Gasteiger partial charge on any atom is -0.382 e. The number of aryl methyl sites for hydroxylation is 1. The van der Waals surface area contributed by atoms with Gasteiger partial charge < -0.3 is 24.3 Å². The lowest BCUT2D eigenvalue weighted by Gasteiger charge is -2.39. The maximum atomic E-state index is 13.4. The van der Waals surface area contributed by atoms with Crippen molar-refractivity contribution < 1.29 is 13.9 Å². The first-order chi connectivity index (χ1) is 15.0. The Kier molecular flexibility index (Phi) is 8.36. The van der Waals surface area contributed by atoms with Crippen LogP contribution in [0.4, 0.5) is 4.39 Å². The van der Waals surface area contributed by atoms with Gasteiger partial charge in [-0.3, -0.25) is 0 Å². The van der Waals surface area contributed by atoms with Gasteiger partial charge in [-0.15, -0.1) is 10.2 Å². The lowest BCUT2D eigenvalue weighted by Crippen LogP contribution is -2.51. The van der Waals surface area contributed by atoms with Gasteiger partial charge in [0.05, 0.1) is 12.6 Å². The molecule has 0 bridgehead atoms. The van der Waals surface area contributed by atoms with Gasteiger partial charge in [-0.2, -0.15) is 0 Å². The highest BCUT2D eigenvalue weighted by atomic mass is 19.1. The van der Waals surface area contributed by atoms with Crippen molar-refractivity contribution in [3.8, 4) is 0 Å². The smallest absolute Gasteiger partial charge is 0.194 e. The fourth-order valence-electron chi connectivity index (χ4n) is 3.51. The molecular weight excluding hydrogens is 399 g/mol. The van der Waals surface area contributed by atoms with E-state index in [2.05, 4.69) is 20.4 Å². The molecule has 9 heteroatoms. The van der Waals surface area contributed by atoms with Crippen LogP contribution >= 0.6 is 0 Å². The third-order valence-electron chi connectivity index (χ3n) is 5.31. The molecule has 1 aliphatic rings. The van der Waals surface area contributed by atoms with Gasteiger partial charge in [0.25, 0.3) is 0 Å². The number of rotatable bonds is 8. The number of halogens is 1. The normalized spacial score (nSPS) is 19.6. The number of aromatic nitrogens is 3. The van der Waals surface area contributed by atoms with Gasteiger partial charge in [-0.05, 0) is 44.9 Å². The van der Waals surface area contributed by atoms with Gasteiger partial charge in [0.2, 0.25) is 0 Å². The molecule has 1 aromatic carbocycles. The fraction of sp³-hybridized carbons (Fsp3) is 0.591. The van der Waals surface area contributed by atoms with Crippen LogP contribution in [0.1, 0.15) is 43.6 Å². The van der Waals surface area contributed by atoms with E-state index in [1.54, 1.807) is 12.1 Å². The first-order valence-electron chi connectivity index (χ1n) is 10.8. The molecule has 2 aromatic rings. The number of ether oxygens (including phenoxy) is 2. The lowest BCUT2D eigenvalue weighted by atomic mass is 10.1. The van der Waals surface area contributed by atoms with Crippen LogP contribution in [0.3, 0.4) is 0 Å². The van der Waals surface area contributed by atoms with Crippen LogP contribution < -0.4 is 5.32 Å². The summed E-state index contributed by atoms with van der Waals surface area (Å²) in [5.41, 5.74) is 0.956. The Hall–Kier alpha value is -2.52. The average molecular weight is 433 g/mol. The van der Waals surface area contributed by atoms with E-state index in [4.69, 9.17) is 14.5 Å². The van der Waals surface area contributed by atoms with Crippen molar-refractivity contribution in [2.75, 3.05) is 32.8 Å². The molecule has 1 aliphatic heterocycles. The topological polar surface area (TPSA) is 76.8 Å². The summed E-state index contributed by atoms with van der Waals surface area (Å²) in [5, 5.41) is 11.8. The van der Waals surface area contributed by atoms with Crippen LogP contribution in [0.15, 0.2) is 29.3 Å². The Bertz CT molecular complexity index is 854. The number of benzene rings is 1. The summed E-state index contributed by atoms with van der Waals surface area (Å²) < 4.78 is 26.9. The third kappa shape index (κ3) is 6.48. The standard InChI is InChI=1S/C22H33FN6O2/c1-5-30-12-6-11-24-22(25-13-21-27-26-17(3)28(21)4)29-14-16(2)31-20(15-29)18-7-9-19(23)10-8-18/h7-10,16,20H,5-6,11-15H2,1-4H3,(H,24,25). The van der Waals surface area contributed by atoms with Crippen LogP contribution in [0.5, 0.6) is 0 Å². The predicted octanol–water partition coefficient (Wildman–Crippen LogP) is 2.60. The van der Waals surface area contributed by atoms with Gasteiger partial charge in [-0.25, -0.2) is 9.38 Å². The Morgan fingerprint density at radius 1 is 1.29 bits per heavy atom. The van der Waals surface area contributed by atoms with Gasteiger partial charge in [0.15, 0.2) is 11.8 Å². The highest BCUT2D eigenvalue weighted by Gasteiger charge is 2.28. The third-order valence-corrected chi connectivity index (χ3v) is 5.31. The summed E-state index contributed by atoms with van der Waals surface area (Å²) in [6.07, 6.45) is 0.741. The molecule has 2 heterocycles. The van der Waals surface area contributed by atoms with E-state index in [-0.39, 0.29) is 18.0 Å². The Balaban J connectivity index is 1.74. The van der Waals surface area contributed by atoms with Crippen molar-refractivity contribution in [1.29, 1.82) is 0 Å². The second kappa shape index (κ2) is 11.2. The number of guanidine groups is 1. The van der Waals surface area contributed by atoms with Crippen molar-refractivity contribution in [2.45, 2.75) is 45.9 Å². The number of nitrogens with zero attached hydrogens (tertiary/aromatic N) is 5. The zero-order valence-corrected chi connectivity index (χ0v) is 18.8. The van der Waals surface area contributed by atoms with Crippen LogP contribution in [-0.2, 0) is 23.1 Å². The molecule has 31 heavy (non-hydrogen) atoms. The molecule has 8 nitrogen and oxygen atoms in total. The van der Waals surface area contributed by atoms with Crippen molar-refractivity contribution in [2.24, 2.45) is 12.0 Å². The van der Waals surface area contributed by atoms with Gasteiger partial charge in [0, 0.05) is 33.4 Å². The molecule has 2 unspecified atom stereocenters. The van der Waals surface area contributed by atoms with Crippen LogP contribution in [0.25, 0.3) is 0 Å². The predicted molar refractivity (Wildman–Crippen MR) is 117 cm³/mol. The summed E-state index contributed by atoms with van der Waals surface area (Å²) >= 11 is 0. The molecule has 3 rings (SSSR count). The van der Waals surface area contributed by atoms with Gasteiger partial charge >= 0.3 is 0 Å². The van der Waals surface area contributed by atoms with Crippen molar-refractivity contribution in [1.82, 2.24) is 25.0 Å². The van der Waals surface area contributed by atoms with Crippen LogP contribution in [-0.4, -0.2) is 64.6 Å². The first-order valence-corrected chi connectivity index (χ1v) is 10.8. The van der Waals surface area contributed by atoms with Crippen LogP contribution in [0.2, 0.25) is 0 Å². The zero-order valence-electron chi connectivity index (χ0n) is 18.8. The van der Waals surface area contributed by atoms with Gasteiger partial charge in [0.1, 0.15) is 24.3 Å². The van der Waals surface area contributed by atoms with E-state index in [9.17, 15) is 4.39 Å². The summed E-state index contributed by atoms with van der Waals surface area (Å²) in [6, 6.07) is 6.51. The van der Waals surface area contributed by atoms with Crippen molar-refractivity contribution in [3.05, 3.63) is 47.3 Å². The molecular formula is C22H33FN6O2. The van der Waals surface area contributed by atoms with Crippen molar-refractivity contribution >= 4 is 5.96 Å². The first kappa shape index (κ1) is 23.1. The summed E-state index contributed by atoms with van der Waals surface area (Å²) in [6.45, 7) is 9.91. The van der Waals surface area contributed by atoms with Gasteiger partial charge in [-0.1, -0.05) is 12.1 Å². The quantitative estimate of drug-likeness (QED) is 0.393. The minimum atomic E-state index is -0.248. The lowest BCUT2D eigenvalue weighted by molar-refractivity contribution is -0.0605. The largest absolute Gasteiger partial charge is 0.382 e. The molecule has 1 fully saturated rings. The summed E-state index contributed by atoms with van der Waals surface area (Å²) in [7, 11) is 1.94. The fourth-order valence-corrected chi connectivity index (χ4v) is 3.51. The molecule has 0 amide bonds. The van der Waals surface area contributed by atoms with E-state index in [1.165, 1.54) is 12.1 Å². The molecule has 0 saturated carbocycles.